The van der Waals surface area contributed by atoms with Crippen LogP contribution in [0.3, 0.4) is 0 Å². The second-order valence-corrected chi connectivity index (χ2v) is 10.3. The molecule has 1 fully saturated rings. The molecule has 13 heteroatoms. The average Bonchev–Trinajstić information content (AvgIpc) is 3.33. The van der Waals surface area contributed by atoms with Gasteiger partial charge in [-0.15, -0.1) is 11.8 Å². The number of amides is 2. The molecule has 0 saturated carbocycles. The van der Waals surface area contributed by atoms with Crippen LogP contribution in [0.2, 0.25) is 0 Å². The normalized spacial score (nSPS) is 16.8. The fraction of sp³-hybridized carbons (Fsp3) is 0.296. The number of hydrogen-bond donors (Lipinski definition) is 2. The summed E-state index contributed by atoms with van der Waals surface area (Å²) in [7, 11) is 2.86. The third-order valence-electron chi connectivity index (χ3n) is 6.66. The molecule has 1 saturated heterocycles. The number of anilines is 2. The highest BCUT2D eigenvalue weighted by molar-refractivity contribution is 8.00. The van der Waals surface area contributed by atoms with Gasteiger partial charge in [0.25, 0.3) is 5.56 Å². The van der Waals surface area contributed by atoms with Crippen molar-refractivity contribution in [2.75, 3.05) is 42.7 Å². The molecule has 2 N–H and O–H groups in total. The third-order valence-corrected chi connectivity index (χ3v) is 7.73. The minimum Gasteiger partial charge on any atom is -0.466 e. The second-order valence-electron chi connectivity index (χ2n) is 9.27. The summed E-state index contributed by atoms with van der Waals surface area (Å²) in [5, 5.41) is 6.36. The number of nitrogens with one attached hydrogen (secondary N) is 2. The Morgan fingerprint density at radius 3 is 2.83 bits per heavy atom. The van der Waals surface area contributed by atoms with Gasteiger partial charge in [0.15, 0.2) is 0 Å². The Morgan fingerprint density at radius 2 is 2.02 bits per heavy atom. The Kier molecular flexibility index (Phi) is 7.76. The van der Waals surface area contributed by atoms with Crippen molar-refractivity contribution in [2.24, 2.45) is 7.05 Å². The maximum atomic E-state index is 13.1. The van der Waals surface area contributed by atoms with Crippen LogP contribution in [-0.4, -0.2) is 65.7 Å². The minimum atomic E-state index is -0.509. The fourth-order valence-electron chi connectivity index (χ4n) is 4.59. The fourth-order valence-corrected chi connectivity index (χ4v) is 5.38. The van der Waals surface area contributed by atoms with Crippen molar-refractivity contribution in [3.05, 3.63) is 68.9 Å². The standard InChI is InChI=1S/C27H27N5O7S/c1-30-21-11-16(4-8-24(34)38-2)3-6-19(21)25(35)31(26(30)36)10-9-28-13-18-14-32(27(37)39-18)17-5-7-22-20(12-17)29-23(33)15-40-22/h3-8,11-12,18,28H,9-10,13-15H2,1-2H3,(H,29,33). The number of aryl methyl sites for hydroxylation is 1. The zero-order valence-electron chi connectivity index (χ0n) is 21.8. The lowest BCUT2D eigenvalue weighted by Crippen LogP contribution is -2.42. The molecule has 2 aromatic carbocycles. The molecule has 2 aliphatic rings. The van der Waals surface area contributed by atoms with E-state index >= 15 is 0 Å². The number of methoxy groups -OCH3 is 1. The molecule has 1 aromatic heterocycles. The number of carbonyl (C=O) groups is 3. The smallest absolute Gasteiger partial charge is 0.414 e. The zero-order chi connectivity index (χ0) is 28.4. The average molecular weight is 566 g/mol. The summed E-state index contributed by atoms with van der Waals surface area (Å²) in [6.45, 7) is 1.07. The Bertz CT molecular complexity index is 1660. The van der Waals surface area contributed by atoms with Crippen molar-refractivity contribution in [3.63, 3.8) is 0 Å². The first-order valence-corrected chi connectivity index (χ1v) is 13.5. The van der Waals surface area contributed by atoms with Crippen LogP contribution < -0.4 is 26.8 Å². The number of nitrogens with zero attached hydrogens (tertiary/aromatic N) is 3. The van der Waals surface area contributed by atoms with Gasteiger partial charge < -0.3 is 20.1 Å². The van der Waals surface area contributed by atoms with E-state index in [-0.39, 0.29) is 12.5 Å². The third kappa shape index (κ3) is 5.51. The van der Waals surface area contributed by atoms with Gasteiger partial charge in [0.05, 0.1) is 36.0 Å². The largest absolute Gasteiger partial charge is 0.466 e. The predicted octanol–water partition coefficient (Wildman–Crippen LogP) is 1.55. The molecule has 1 atom stereocenters. The van der Waals surface area contributed by atoms with E-state index in [0.29, 0.717) is 53.2 Å². The summed E-state index contributed by atoms with van der Waals surface area (Å²) in [4.78, 5) is 64.1. The molecular weight excluding hydrogens is 538 g/mol. The van der Waals surface area contributed by atoms with E-state index in [1.54, 1.807) is 37.4 Å². The molecule has 0 spiro atoms. The number of rotatable bonds is 8. The number of esters is 1. The Labute approximate surface area is 232 Å². The number of aromatic nitrogens is 2. The van der Waals surface area contributed by atoms with E-state index in [9.17, 15) is 24.0 Å². The second kappa shape index (κ2) is 11.4. The molecule has 40 heavy (non-hydrogen) atoms. The van der Waals surface area contributed by atoms with Gasteiger partial charge in [0.2, 0.25) is 5.91 Å². The highest BCUT2D eigenvalue weighted by Gasteiger charge is 2.32. The van der Waals surface area contributed by atoms with E-state index in [1.807, 2.05) is 12.1 Å². The summed E-state index contributed by atoms with van der Waals surface area (Å²) in [5.74, 6) is -0.233. The number of ether oxygens (including phenoxy) is 2. The first kappa shape index (κ1) is 27.2. The van der Waals surface area contributed by atoms with Gasteiger partial charge in [0, 0.05) is 43.3 Å². The van der Waals surface area contributed by atoms with Crippen molar-refractivity contribution in [1.29, 1.82) is 0 Å². The molecule has 1 unspecified atom stereocenters. The van der Waals surface area contributed by atoms with Crippen molar-refractivity contribution in [3.8, 4) is 0 Å². The van der Waals surface area contributed by atoms with E-state index < -0.39 is 29.4 Å². The van der Waals surface area contributed by atoms with E-state index in [2.05, 4.69) is 15.4 Å². The molecule has 0 aliphatic carbocycles. The summed E-state index contributed by atoms with van der Waals surface area (Å²) in [6.07, 6.45) is 1.89. The van der Waals surface area contributed by atoms with Crippen LogP contribution in [0.4, 0.5) is 16.2 Å². The van der Waals surface area contributed by atoms with Crippen molar-refractivity contribution in [2.45, 2.75) is 17.5 Å². The summed E-state index contributed by atoms with van der Waals surface area (Å²) < 4.78 is 12.6. The van der Waals surface area contributed by atoms with Crippen LogP contribution in [0.15, 0.2) is 57.0 Å². The van der Waals surface area contributed by atoms with E-state index in [1.165, 1.54) is 34.4 Å². The Morgan fingerprint density at radius 1 is 1.20 bits per heavy atom. The molecule has 208 valence electrons. The van der Waals surface area contributed by atoms with Crippen molar-refractivity contribution < 1.29 is 23.9 Å². The van der Waals surface area contributed by atoms with Gasteiger partial charge in [0.1, 0.15) is 6.10 Å². The molecule has 5 rings (SSSR count). The first-order valence-electron chi connectivity index (χ1n) is 12.5. The topological polar surface area (TPSA) is 141 Å². The Balaban J connectivity index is 1.21. The molecule has 3 aromatic rings. The van der Waals surface area contributed by atoms with Gasteiger partial charge >= 0.3 is 17.8 Å². The molecule has 3 heterocycles. The van der Waals surface area contributed by atoms with Gasteiger partial charge in [-0.05, 0) is 42.0 Å². The quantitative estimate of drug-likeness (QED) is 0.236. The number of carbonyl (C=O) groups excluding carboxylic acids is 3. The molecular formula is C27H27N5O7S. The molecule has 2 amide bonds. The lowest BCUT2D eigenvalue weighted by Gasteiger charge is -2.20. The molecule has 0 bridgehead atoms. The lowest BCUT2D eigenvalue weighted by atomic mass is 10.1. The predicted molar refractivity (Wildman–Crippen MR) is 151 cm³/mol. The number of cyclic esters (lactones) is 1. The summed E-state index contributed by atoms with van der Waals surface area (Å²) in [6, 6.07) is 10.4. The van der Waals surface area contributed by atoms with Crippen LogP contribution in [0.1, 0.15) is 5.56 Å². The van der Waals surface area contributed by atoms with E-state index in [4.69, 9.17) is 4.74 Å². The van der Waals surface area contributed by atoms with Gasteiger partial charge in [-0.2, -0.15) is 0 Å². The number of benzene rings is 2. The number of fused-ring (bicyclic) bond motifs is 2. The van der Waals surface area contributed by atoms with Crippen molar-refractivity contribution >= 4 is 58.1 Å². The first-order chi connectivity index (χ1) is 19.2. The highest BCUT2D eigenvalue weighted by atomic mass is 32.2. The Hall–Kier alpha value is -4.36. The minimum absolute atomic E-state index is 0.0846. The highest BCUT2D eigenvalue weighted by Crippen LogP contribution is 2.35. The van der Waals surface area contributed by atoms with Crippen LogP contribution in [0.5, 0.6) is 0 Å². The van der Waals surface area contributed by atoms with Crippen LogP contribution in [0.25, 0.3) is 17.0 Å². The molecule has 0 radical (unpaired) electrons. The van der Waals surface area contributed by atoms with E-state index in [0.717, 1.165) is 9.46 Å². The SMILES string of the molecule is COC(=O)C=Cc1ccc2c(=O)n(CCNCC3CN(c4ccc5c(c4)NC(=O)CS5)C(=O)O3)c(=O)n(C)c2c1. The monoisotopic (exact) mass is 565 g/mol. The lowest BCUT2D eigenvalue weighted by molar-refractivity contribution is -0.134. The summed E-state index contributed by atoms with van der Waals surface area (Å²) in [5.41, 5.74) is 1.51. The van der Waals surface area contributed by atoms with Crippen LogP contribution in [-0.2, 0) is 32.7 Å². The van der Waals surface area contributed by atoms with Gasteiger partial charge in [-0.1, -0.05) is 6.07 Å². The zero-order valence-corrected chi connectivity index (χ0v) is 22.7. The molecule has 2 aliphatic heterocycles. The van der Waals surface area contributed by atoms with Gasteiger partial charge in [-0.3, -0.25) is 23.6 Å². The maximum absolute atomic E-state index is 13.1. The number of thioether (sulfide) groups is 1. The summed E-state index contributed by atoms with van der Waals surface area (Å²) >= 11 is 1.45. The number of hydrogen-bond acceptors (Lipinski definition) is 9. The van der Waals surface area contributed by atoms with Crippen LogP contribution in [0, 0.1) is 0 Å². The molecule has 12 nitrogen and oxygen atoms in total. The maximum Gasteiger partial charge on any atom is 0.414 e. The van der Waals surface area contributed by atoms with Gasteiger partial charge in [-0.25, -0.2) is 14.4 Å². The van der Waals surface area contributed by atoms with Crippen LogP contribution >= 0.6 is 11.8 Å². The van der Waals surface area contributed by atoms with Crippen molar-refractivity contribution in [1.82, 2.24) is 14.5 Å².